The van der Waals surface area contributed by atoms with Crippen molar-refractivity contribution in [2.24, 2.45) is 4.99 Å². The number of nitrogens with one attached hydrogen (secondary N) is 1. The van der Waals surface area contributed by atoms with Crippen LogP contribution >= 0.6 is 0 Å². The second-order valence-corrected chi connectivity index (χ2v) is 7.34. The van der Waals surface area contributed by atoms with Gasteiger partial charge >= 0.3 is 0 Å². The first-order chi connectivity index (χ1) is 13.6. The standard InChI is InChI=1S/C22H38N4O2/c1-5-23-22(26-14-13-20(16-26)25(6-2)7-3)24-15-21(27)17-28-18(4)19-11-9-8-10-12-19/h8-12,18,20-21,27H,5-7,13-17H2,1-4H3,(H,23,24). The molecular weight excluding hydrogens is 352 g/mol. The molecule has 0 aromatic heterocycles. The topological polar surface area (TPSA) is 60.3 Å². The Morgan fingerprint density at radius 1 is 1.29 bits per heavy atom. The molecule has 6 nitrogen and oxygen atoms in total. The number of aliphatic imine (C=N–C) groups is 1. The van der Waals surface area contributed by atoms with Gasteiger partial charge in [0.1, 0.15) is 0 Å². The number of rotatable bonds is 10. The molecule has 0 spiro atoms. The van der Waals surface area contributed by atoms with E-state index < -0.39 is 6.10 Å². The molecule has 0 bridgehead atoms. The lowest BCUT2D eigenvalue weighted by Crippen LogP contribution is -2.43. The summed E-state index contributed by atoms with van der Waals surface area (Å²) in [5.74, 6) is 0.896. The summed E-state index contributed by atoms with van der Waals surface area (Å²) in [5.41, 5.74) is 1.12. The third kappa shape index (κ3) is 6.76. The van der Waals surface area contributed by atoms with E-state index in [4.69, 9.17) is 4.74 Å². The van der Waals surface area contributed by atoms with Crippen molar-refractivity contribution in [2.75, 3.05) is 45.9 Å². The van der Waals surface area contributed by atoms with Crippen LogP contribution in [0.2, 0.25) is 0 Å². The Morgan fingerprint density at radius 3 is 2.64 bits per heavy atom. The van der Waals surface area contributed by atoms with E-state index in [0.717, 1.165) is 50.7 Å². The van der Waals surface area contributed by atoms with Crippen LogP contribution in [-0.2, 0) is 4.74 Å². The summed E-state index contributed by atoms with van der Waals surface area (Å²) in [4.78, 5) is 9.50. The second kappa shape index (κ2) is 12.0. The van der Waals surface area contributed by atoms with Crippen LogP contribution in [0.1, 0.15) is 45.8 Å². The fourth-order valence-electron chi connectivity index (χ4n) is 3.72. The number of nitrogens with zero attached hydrogens (tertiary/aromatic N) is 3. The molecular formula is C22H38N4O2. The zero-order valence-electron chi connectivity index (χ0n) is 18.0. The first-order valence-corrected chi connectivity index (χ1v) is 10.7. The highest BCUT2D eigenvalue weighted by Crippen LogP contribution is 2.17. The lowest BCUT2D eigenvalue weighted by Gasteiger charge is -2.27. The predicted molar refractivity (Wildman–Crippen MR) is 116 cm³/mol. The lowest BCUT2D eigenvalue weighted by molar-refractivity contribution is 0.00106. The smallest absolute Gasteiger partial charge is 0.194 e. The van der Waals surface area contributed by atoms with Crippen LogP contribution in [-0.4, -0.2) is 78.9 Å². The van der Waals surface area contributed by atoms with Gasteiger partial charge in [0.05, 0.1) is 25.4 Å². The summed E-state index contributed by atoms with van der Waals surface area (Å²) >= 11 is 0. The van der Waals surface area contributed by atoms with Crippen molar-refractivity contribution in [3.8, 4) is 0 Å². The molecule has 158 valence electrons. The molecule has 2 N–H and O–H groups in total. The van der Waals surface area contributed by atoms with Gasteiger partial charge in [0, 0.05) is 25.7 Å². The van der Waals surface area contributed by atoms with Crippen LogP contribution < -0.4 is 5.32 Å². The predicted octanol–water partition coefficient (Wildman–Crippen LogP) is 2.51. The van der Waals surface area contributed by atoms with Crippen molar-refractivity contribution in [2.45, 2.75) is 52.4 Å². The summed E-state index contributed by atoms with van der Waals surface area (Å²) in [6, 6.07) is 10.7. The van der Waals surface area contributed by atoms with Gasteiger partial charge in [0.2, 0.25) is 0 Å². The van der Waals surface area contributed by atoms with Gasteiger partial charge in [0.15, 0.2) is 5.96 Å². The van der Waals surface area contributed by atoms with E-state index in [2.05, 4.69) is 40.9 Å². The van der Waals surface area contributed by atoms with Gasteiger partial charge in [-0.1, -0.05) is 44.2 Å². The largest absolute Gasteiger partial charge is 0.389 e. The summed E-state index contributed by atoms with van der Waals surface area (Å²) in [6.45, 7) is 14.1. The number of hydrogen-bond acceptors (Lipinski definition) is 4. The van der Waals surface area contributed by atoms with E-state index in [-0.39, 0.29) is 12.7 Å². The molecule has 0 radical (unpaired) electrons. The van der Waals surface area contributed by atoms with Crippen LogP contribution in [0.25, 0.3) is 0 Å². The van der Waals surface area contributed by atoms with Crippen molar-refractivity contribution in [3.63, 3.8) is 0 Å². The molecule has 1 fully saturated rings. The SMILES string of the molecule is CCNC(=NCC(O)COC(C)c1ccccc1)N1CCC(N(CC)CC)C1. The van der Waals surface area contributed by atoms with Gasteiger partial charge in [-0.15, -0.1) is 0 Å². The third-order valence-electron chi connectivity index (χ3n) is 5.39. The number of benzene rings is 1. The van der Waals surface area contributed by atoms with Crippen LogP contribution in [0.3, 0.4) is 0 Å². The molecule has 2 rings (SSSR count). The Kier molecular flexibility index (Phi) is 9.75. The summed E-state index contributed by atoms with van der Waals surface area (Å²) in [6.07, 6.45) is 0.509. The summed E-state index contributed by atoms with van der Waals surface area (Å²) in [5, 5.41) is 13.7. The molecule has 6 heteroatoms. The normalized spacial score (nSPS) is 19.9. The Bertz CT molecular complexity index is 577. The van der Waals surface area contributed by atoms with E-state index in [1.807, 2.05) is 37.3 Å². The maximum absolute atomic E-state index is 10.3. The molecule has 0 saturated carbocycles. The quantitative estimate of drug-likeness (QED) is 0.475. The van der Waals surface area contributed by atoms with Crippen LogP contribution in [0, 0.1) is 0 Å². The van der Waals surface area contributed by atoms with Crippen molar-refractivity contribution in [3.05, 3.63) is 35.9 Å². The number of guanidine groups is 1. The lowest BCUT2D eigenvalue weighted by atomic mass is 10.1. The Labute approximate surface area is 170 Å². The second-order valence-electron chi connectivity index (χ2n) is 7.34. The van der Waals surface area contributed by atoms with E-state index in [1.165, 1.54) is 0 Å². The van der Waals surface area contributed by atoms with Gasteiger partial charge in [0.25, 0.3) is 0 Å². The van der Waals surface area contributed by atoms with E-state index in [0.29, 0.717) is 12.6 Å². The zero-order valence-corrected chi connectivity index (χ0v) is 18.0. The minimum Gasteiger partial charge on any atom is -0.389 e. The fourth-order valence-corrected chi connectivity index (χ4v) is 3.72. The monoisotopic (exact) mass is 390 g/mol. The van der Waals surface area contributed by atoms with Gasteiger partial charge < -0.3 is 20.1 Å². The number of ether oxygens (including phenoxy) is 1. The highest BCUT2D eigenvalue weighted by molar-refractivity contribution is 5.80. The maximum Gasteiger partial charge on any atom is 0.194 e. The molecule has 1 aromatic carbocycles. The maximum atomic E-state index is 10.3. The van der Waals surface area contributed by atoms with Gasteiger partial charge in [-0.2, -0.15) is 0 Å². The zero-order chi connectivity index (χ0) is 20.4. The average Bonchev–Trinajstić information content (AvgIpc) is 3.20. The van der Waals surface area contributed by atoms with Crippen LogP contribution in [0.15, 0.2) is 35.3 Å². The highest BCUT2D eigenvalue weighted by atomic mass is 16.5. The Balaban J connectivity index is 1.84. The van der Waals surface area contributed by atoms with Crippen molar-refractivity contribution >= 4 is 5.96 Å². The molecule has 28 heavy (non-hydrogen) atoms. The fraction of sp³-hybridized carbons (Fsp3) is 0.682. The van der Waals surface area contributed by atoms with Crippen molar-refractivity contribution in [1.29, 1.82) is 0 Å². The van der Waals surface area contributed by atoms with Crippen molar-refractivity contribution < 1.29 is 9.84 Å². The first-order valence-electron chi connectivity index (χ1n) is 10.7. The molecule has 1 aliphatic heterocycles. The summed E-state index contributed by atoms with van der Waals surface area (Å²) < 4.78 is 5.83. The van der Waals surface area contributed by atoms with Crippen molar-refractivity contribution in [1.82, 2.24) is 15.1 Å². The average molecular weight is 391 g/mol. The highest BCUT2D eigenvalue weighted by Gasteiger charge is 2.28. The molecule has 1 aliphatic rings. The number of likely N-dealkylation sites (N-methyl/N-ethyl adjacent to an activating group) is 1. The molecule has 1 aromatic rings. The number of aliphatic hydroxyl groups excluding tert-OH is 1. The molecule has 1 heterocycles. The number of aliphatic hydroxyl groups is 1. The van der Waals surface area contributed by atoms with Gasteiger partial charge in [-0.25, -0.2) is 0 Å². The molecule has 1 saturated heterocycles. The summed E-state index contributed by atoms with van der Waals surface area (Å²) in [7, 11) is 0. The Morgan fingerprint density at radius 2 is 2.00 bits per heavy atom. The van der Waals surface area contributed by atoms with Gasteiger partial charge in [-0.3, -0.25) is 9.89 Å². The number of hydrogen-bond donors (Lipinski definition) is 2. The minimum absolute atomic E-state index is 0.0403. The molecule has 0 aliphatic carbocycles. The van der Waals surface area contributed by atoms with E-state index >= 15 is 0 Å². The van der Waals surface area contributed by atoms with Crippen LogP contribution in [0.4, 0.5) is 0 Å². The number of likely N-dealkylation sites (tertiary alicyclic amines) is 1. The molecule has 0 amide bonds. The molecule has 3 unspecified atom stereocenters. The minimum atomic E-state index is -0.610. The van der Waals surface area contributed by atoms with E-state index in [9.17, 15) is 5.11 Å². The molecule has 3 atom stereocenters. The Hall–Kier alpha value is -1.63. The third-order valence-corrected chi connectivity index (χ3v) is 5.39. The van der Waals surface area contributed by atoms with Gasteiger partial charge in [-0.05, 0) is 38.9 Å². The first kappa shape index (κ1) is 22.7. The van der Waals surface area contributed by atoms with Crippen LogP contribution in [0.5, 0.6) is 0 Å². The van der Waals surface area contributed by atoms with E-state index in [1.54, 1.807) is 0 Å².